The lowest BCUT2D eigenvalue weighted by Crippen LogP contribution is -2.51. The van der Waals surface area contributed by atoms with Gasteiger partial charge in [0, 0.05) is 36.9 Å². The Hall–Kier alpha value is -3.89. The van der Waals surface area contributed by atoms with Gasteiger partial charge in [-0.15, -0.1) is 0 Å². The van der Waals surface area contributed by atoms with Crippen molar-refractivity contribution in [3.63, 3.8) is 0 Å². The zero-order chi connectivity index (χ0) is 28.3. The zero-order valence-electron chi connectivity index (χ0n) is 23.2. The maximum absolute atomic E-state index is 14.4. The van der Waals surface area contributed by atoms with Crippen LogP contribution in [0.4, 0.5) is 0 Å². The van der Waals surface area contributed by atoms with Crippen LogP contribution in [0.2, 0.25) is 5.02 Å². The summed E-state index contributed by atoms with van der Waals surface area (Å²) in [4.78, 5) is 29.9. The molecule has 4 nitrogen and oxygen atoms in total. The van der Waals surface area contributed by atoms with E-state index in [2.05, 4.69) is 43.4 Å². The van der Waals surface area contributed by atoms with E-state index in [1.807, 2.05) is 91.0 Å². The van der Waals surface area contributed by atoms with E-state index in [0.29, 0.717) is 23.9 Å². The Morgan fingerprint density at radius 3 is 1.85 bits per heavy atom. The highest BCUT2D eigenvalue weighted by Crippen LogP contribution is 2.30. The molecule has 0 saturated carbocycles. The molecule has 5 heteroatoms. The summed E-state index contributed by atoms with van der Waals surface area (Å²) in [5.74, 6) is -0.0889. The van der Waals surface area contributed by atoms with Crippen molar-refractivity contribution >= 4 is 23.4 Å². The van der Waals surface area contributed by atoms with Crippen LogP contribution in [-0.2, 0) is 22.6 Å². The van der Waals surface area contributed by atoms with E-state index < -0.39 is 6.04 Å². The molecule has 4 aromatic rings. The number of nitrogens with zero attached hydrogens (tertiary/aromatic N) is 1. The first-order valence-corrected chi connectivity index (χ1v) is 14.2. The maximum Gasteiger partial charge on any atom is 0.243 e. The predicted octanol–water partition coefficient (Wildman–Crippen LogP) is 7.27. The van der Waals surface area contributed by atoms with Crippen LogP contribution in [0, 0.1) is 5.92 Å². The molecule has 1 atom stereocenters. The minimum atomic E-state index is -0.681. The van der Waals surface area contributed by atoms with Gasteiger partial charge in [0.2, 0.25) is 11.8 Å². The molecular formula is C35H37ClN2O2. The van der Waals surface area contributed by atoms with E-state index in [9.17, 15) is 9.59 Å². The number of carbonyl (C=O) groups is 2. The fourth-order valence-corrected chi connectivity index (χ4v) is 5.11. The average Bonchev–Trinajstić information content (AvgIpc) is 2.97. The van der Waals surface area contributed by atoms with Crippen LogP contribution < -0.4 is 5.32 Å². The van der Waals surface area contributed by atoms with Crippen molar-refractivity contribution in [2.75, 3.05) is 6.54 Å². The molecular weight excluding hydrogens is 516 g/mol. The molecule has 0 aliphatic rings. The lowest BCUT2D eigenvalue weighted by atomic mass is 9.87. The van der Waals surface area contributed by atoms with Gasteiger partial charge in [0.1, 0.15) is 6.04 Å². The van der Waals surface area contributed by atoms with Crippen LogP contribution in [0.15, 0.2) is 115 Å². The summed E-state index contributed by atoms with van der Waals surface area (Å²) in [7, 11) is 0. The maximum atomic E-state index is 14.4. The smallest absolute Gasteiger partial charge is 0.243 e. The van der Waals surface area contributed by atoms with E-state index in [4.69, 9.17) is 11.6 Å². The first-order chi connectivity index (χ1) is 19.4. The summed E-state index contributed by atoms with van der Waals surface area (Å²) < 4.78 is 0. The number of benzene rings is 4. The van der Waals surface area contributed by atoms with Crippen molar-refractivity contribution in [2.45, 2.75) is 45.2 Å². The van der Waals surface area contributed by atoms with Crippen molar-refractivity contribution in [3.05, 3.63) is 143 Å². The van der Waals surface area contributed by atoms with Crippen molar-refractivity contribution in [1.82, 2.24) is 10.2 Å². The third kappa shape index (κ3) is 8.30. The average molecular weight is 553 g/mol. The van der Waals surface area contributed by atoms with Gasteiger partial charge in [-0.2, -0.15) is 0 Å². The van der Waals surface area contributed by atoms with Gasteiger partial charge in [-0.05, 0) is 40.3 Å². The monoisotopic (exact) mass is 552 g/mol. The van der Waals surface area contributed by atoms with Gasteiger partial charge in [0.25, 0.3) is 0 Å². The van der Waals surface area contributed by atoms with E-state index in [1.54, 1.807) is 4.90 Å². The second kappa shape index (κ2) is 14.5. The van der Waals surface area contributed by atoms with Gasteiger partial charge < -0.3 is 10.2 Å². The fraction of sp³-hybridized carbons (Fsp3) is 0.257. The van der Waals surface area contributed by atoms with E-state index in [1.165, 1.54) is 0 Å². The first kappa shape index (κ1) is 29.1. The molecule has 1 unspecified atom stereocenters. The summed E-state index contributed by atoms with van der Waals surface area (Å²) >= 11 is 6.33. The molecule has 206 valence electrons. The molecule has 4 rings (SSSR count). The topological polar surface area (TPSA) is 49.4 Å². The van der Waals surface area contributed by atoms with Gasteiger partial charge in [0.05, 0.1) is 0 Å². The number of halogens is 1. The van der Waals surface area contributed by atoms with Gasteiger partial charge in [-0.25, -0.2) is 0 Å². The van der Waals surface area contributed by atoms with Gasteiger partial charge in [-0.1, -0.05) is 129 Å². The Kier molecular flexibility index (Phi) is 10.5. The summed E-state index contributed by atoms with van der Waals surface area (Å²) in [5.41, 5.74) is 4.01. The minimum absolute atomic E-state index is 0.0849. The van der Waals surface area contributed by atoms with Crippen molar-refractivity contribution < 1.29 is 9.59 Å². The molecule has 0 saturated heterocycles. The Balaban J connectivity index is 1.73. The van der Waals surface area contributed by atoms with Crippen LogP contribution in [0.3, 0.4) is 0 Å². The van der Waals surface area contributed by atoms with E-state index in [-0.39, 0.29) is 30.7 Å². The Morgan fingerprint density at radius 2 is 1.30 bits per heavy atom. The molecule has 0 bridgehead atoms. The SMILES string of the molecule is CC(C)CNC(=O)C(Cc1ccccc1)N(Cc1cccc(Cl)c1)C(=O)CC(c1ccccc1)c1ccccc1. The first-order valence-electron chi connectivity index (χ1n) is 13.9. The number of amides is 2. The largest absolute Gasteiger partial charge is 0.354 e. The van der Waals surface area contributed by atoms with E-state index in [0.717, 1.165) is 22.3 Å². The van der Waals surface area contributed by atoms with Crippen LogP contribution in [0.1, 0.15) is 48.4 Å². The zero-order valence-corrected chi connectivity index (χ0v) is 23.9. The third-order valence-electron chi connectivity index (χ3n) is 6.98. The molecule has 0 spiro atoms. The van der Waals surface area contributed by atoms with Crippen molar-refractivity contribution in [1.29, 1.82) is 0 Å². The van der Waals surface area contributed by atoms with E-state index >= 15 is 0 Å². The molecule has 0 aliphatic carbocycles. The molecule has 0 aromatic heterocycles. The number of hydrogen-bond acceptors (Lipinski definition) is 2. The molecule has 2 amide bonds. The Bertz CT molecular complexity index is 1320. The minimum Gasteiger partial charge on any atom is -0.354 e. The van der Waals surface area contributed by atoms with Gasteiger partial charge >= 0.3 is 0 Å². The van der Waals surface area contributed by atoms with Crippen molar-refractivity contribution in [2.24, 2.45) is 5.92 Å². The lowest BCUT2D eigenvalue weighted by molar-refractivity contribution is -0.141. The summed E-state index contributed by atoms with van der Waals surface area (Å²) in [6.07, 6.45) is 0.649. The van der Waals surface area contributed by atoms with Gasteiger partial charge in [0.15, 0.2) is 0 Å². The summed E-state index contributed by atoms with van der Waals surface area (Å²) in [5, 5.41) is 3.69. The number of nitrogens with one attached hydrogen (secondary N) is 1. The summed E-state index contributed by atoms with van der Waals surface area (Å²) in [6.45, 7) is 4.94. The van der Waals surface area contributed by atoms with Gasteiger partial charge in [-0.3, -0.25) is 9.59 Å². The van der Waals surface area contributed by atoms with Crippen LogP contribution >= 0.6 is 11.6 Å². The Labute approximate surface area is 243 Å². The van der Waals surface area contributed by atoms with Crippen LogP contribution in [0.25, 0.3) is 0 Å². The normalized spacial score (nSPS) is 11.8. The molecule has 0 fully saturated rings. The van der Waals surface area contributed by atoms with Crippen LogP contribution in [-0.4, -0.2) is 29.3 Å². The quantitative estimate of drug-likeness (QED) is 0.201. The number of carbonyl (C=O) groups excluding carboxylic acids is 2. The molecule has 0 heterocycles. The summed E-state index contributed by atoms with van der Waals surface area (Å²) in [6, 6.07) is 36.9. The highest BCUT2D eigenvalue weighted by atomic mass is 35.5. The molecule has 4 aromatic carbocycles. The third-order valence-corrected chi connectivity index (χ3v) is 7.22. The van der Waals surface area contributed by atoms with Crippen LogP contribution in [0.5, 0.6) is 0 Å². The number of hydrogen-bond donors (Lipinski definition) is 1. The highest BCUT2D eigenvalue weighted by molar-refractivity contribution is 6.30. The van der Waals surface area contributed by atoms with Crippen molar-refractivity contribution in [3.8, 4) is 0 Å². The second-order valence-corrected chi connectivity index (χ2v) is 11.0. The fourth-order valence-electron chi connectivity index (χ4n) is 4.90. The molecule has 0 aliphatic heterocycles. The molecule has 0 radical (unpaired) electrons. The standard InChI is InChI=1S/C35H37ClN2O2/c1-26(2)24-37-35(40)33(22-27-13-6-3-7-14-27)38(25-28-15-12-20-31(36)21-28)34(39)23-32(29-16-8-4-9-17-29)30-18-10-5-11-19-30/h3-21,26,32-33H,22-25H2,1-2H3,(H,37,40). The molecule has 1 N–H and O–H groups in total. The lowest BCUT2D eigenvalue weighted by Gasteiger charge is -2.33. The Morgan fingerprint density at radius 1 is 0.750 bits per heavy atom. The molecule has 40 heavy (non-hydrogen) atoms. The highest BCUT2D eigenvalue weighted by Gasteiger charge is 2.32. The predicted molar refractivity (Wildman–Crippen MR) is 163 cm³/mol. The second-order valence-electron chi connectivity index (χ2n) is 10.6. The number of rotatable bonds is 12.